The first-order chi connectivity index (χ1) is 19.0. The molecule has 0 radical (unpaired) electrons. The van der Waals surface area contributed by atoms with Gasteiger partial charge >= 0.3 is 0 Å². The minimum Gasteiger partial charge on any atom is -0.494 e. The van der Waals surface area contributed by atoms with Gasteiger partial charge in [0.15, 0.2) is 16.7 Å². The van der Waals surface area contributed by atoms with E-state index in [9.17, 15) is 9.59 Å². The van der Waals surface area contributed by atoms with Crippen LogP contribution in [0.5, 0.6) is 5.75 Å². The van der Waals surface area contributed by atoms with Crippen molar-refractivity contribution in [2.24, 2.45) is 5.92 Å². The molecule has 6 rings (SSSR count). The minimum atomic E-state index is -0.295. The average molecular weight is 523 g/mol. The summed E-state index contributed by atoms with van der Waals surface area (Å²) in [6.07, 6.45) is 5.51. The van der Waals surface area contributed by atoms with Crippen molar-refractivity contribution in [1.82, 2.24) is 19.6 Å². The first kappa shape index (κ1) is 24.9. The fourth-order valence-electron chi connectivity index (χ4n) is 5.55. The number of carbonyl (C=O) groups excluding carboxylic acids is 1. The summed E-state index contributed by atoms with van der Waals surface area (Å²) in [5, 5.41) is 3.21. The van der Waals surface area contributed by atoms with E-state index in [0.29, 0.717) is 53.2 Å². The van der Waals surface area contributed by atoms with E-state index in [1.807, 2.05) is 50.2 Å². The molecule has 0 fully saturated rings. The number of aryl methyl sites for hydroxylation is 1. The van der Waals surface area contributed by atoms with Gasteiger partial charge in [-0.1, -0.05) is 49.4 Å². The Morgan fingerprint density at radius 2 is 1.95 bits per heavy atom. The van der Waals surface area contributed by atoms with Crippen molar-refractivity contribution in [3.8, 4) is 28.3 Å². The molecule has 0 bridgehead atoms. The largest absolute Gasteiger partial charge is 0.494 e. The maximum Gasteiger partial charge on any atom is 0.286 e. The molecule has 2 aromatic carbocycles. The average Bonchev–Trinajstić information content (AvgIpc) is 3.54. The number of ketones is 1. The summed E-state index contributed by atoms with van der Waals surface area (Å²) >= 11 is 0. The van der Waals surface area contributed by atoms with E-state index in [-0.39, 0.29) is 22.9 Å². The fraction of sp³-hybridized carbons (Fsp3) is 0.290. The molecule has 1 aliphatic rings. The number of methoxy groups -OCH3 is 1. The predicted octanol–water partition coefficient (Wildman–Crippen LogP) is 6.37. The van der Waals surface area contributed by atoms with Crippen LogP contribution in [0.3, 0.4) is 0 Å². The number of carbonyl (C=O) groups is 1. The molecule has 198 valence electrons. The summed E-state index contributed by atoms with van der Waals surface area (Å²) < 4.78 is 13.1. The molecule has 5 aromatic rings. The number of allylic oxidation sites excluding steroid dienone is 2. The highest BCUT2D eigenvalue weighted by Crippen LogP contribution is 2.37. The molecule has 3 aromatic heterocycles. The predicted molar refractivity (Wildman–Crippen MR) is 151 cm³/mol. The van der Waals surface area contributed by atoms with E-state index in [1.54, 1.807) is 19.2 Å². The van der Waals surface area contributed by atoms with Crippen molar-refractivity contribution < 1.29 is 13.9 Å². The van der Waals surface area contributed by atoms with Gasteiger partial charge in [0.2, 0.25) is 5.89 Å². The Labute approximate surface area is 225 Å². The third kappa shape index (κ3) is 4.26. The lowest BCUT2D eigenvalue weighted by Gasteiger charge is -2.21. The van der Waals surface area contributed by atoms with Crippen LogP contribution < -0.4 is 10.3 Å². The number of H-pyrrole nitrogens is 1. The molecule has 1 aliphatic carbocycles. The first-order valence-corrected chi connectivity index (χ1v) is 13.4. The number of para-hydroxylation sites is 1. The van der Waals surface area contributed by atoms with Crippen molar-refractivity contribution >= 4 is 28.1 Å². The van der Waals surface area contributed by atoms with Gasteiger partial charge in [0.05, 0.1) is 12.8 Å². The van der Waals surface area contributed by atoms with E-state index in [0.717, 1.165) is 35.2 Å². The summed E-state index contributed by atoms with van der Waals surface area (Å²) in [5.41, 5.74) is 5.74. The number of hydrogen-bond acceptors (Lipinski definition) is 6. The molecule has 0 spiro atoms. The summed E-state index contributed by atoms with van der Waals surface area (Å²) in [7, 11) is 1.58. The van der Waals surface area contributed by atoms with Crippen molar-refractivity contribution in [2.45, 2.75) is 46.0 Å². The Bertz CT molecular complexity index is 1790. The topological polar surface area (TPSA) is 102 Å². The summed E-state index contributed by atoms with van der Waals surface area (Å²) in [5.74, 6) is 1.06. The first-order valence-electron chi connectivity index (χ1n) is 13.4. The molecule has 1 atom stereocenters. The van der Waals surface area contributed by atoms with Crippen LogP contribution in [-0.4, -0.2) is 32.5 Å². The highest BCUT2D eigenvalue weighted by atomic mass is 16.5. The highest BCUT2D eigenvalue weighted by molar-refractivity contribution is 5.88. The van der Waals surface area contributed by atoms with E-state index in [4.69, 9.17) is 19.1 Å². The minimum absolute atomic E-state index is 0.00458. The van der Waals surface area contributed by atoms with E-state index >= 15 is 0 Å². The third-order valence-corrected chi connectivity index (χ3v) is 7.51. The zero-order chi connectivity index (χ0) is 27.1. The Morgan fingerprint density at radius 3 is 2.67 bits per heavy atom. The lowest BCUT2D eigenvalue weighted by Crippen LogP contribution is -2.22. The summed E-state index contributed by atoms with van der Waals surface area (Å²) in [6, 6.07) is 15.3. The molecule has 1 unspecified atom stereocenters. The Balaban J connectivity index is 1.59. The maximum atomic E-state index is 14.2. The number of hydrogen-bond donors (Lipinski definition) is 1. The number of aromatic amines is 1. The van der Waals surface area contributed by atoms with Crippen LogP contribution in [0.25, 0.3) is 44.9 Å². The molecule has 0 amide bonds. The highest BCUT2D eigenvalue weighted by Gasteiger charge is 2.29. The number of nitrogens with zero attached hydrogens (tertiary/aromatic N) is 3. The van der Waals surface area contributed by atoms with Gasteiger partial charge in [0, 0.05) is 23.6 Å². The number of aromatic nitrogens is 4. The van der Waals surface area contributed by atoms with Gasteiger partial charge in [-0.2, -0.15) is 0 Å². The van der Waals surface area contributed by atoms with Crippen LogP contribution in [0, 0.1) is 12.8 Å². The van der Waals surface area contributed by atoms with Gasteiger partial charge in [-0.3, -0.25) is 14.7 Å². The van der Waals surface area contributed by atoms with Gasteiger partial charge < -0.3 is 9.15 Å². The molecule has 39 heavy (non-hydrogen) atoms. The van der Waals surface area contributed by atoms with Gasteiger partial charge in [-0.05, 0) is 55.9 Å². The zero-order valence-corrected chi connectivity index (χ0v) is 22.3. The number of rotatable bonds is 7. The number of ether oxygens (including phenoxy) is 1. The monoisotopic (exact) mass is 522 g/mol. The number of oxazole rings is 1. The van der Waals surface area contributed by atoms with Crippen LogP contribution in [0.15, 0.2) is 63.8 Å². The molecule has 0 saturated heterocycles. The van der Waals surface area contributed by atoms with E-state index < -0.39 is 0 Å². The summed E-state index contributed by atoms with van der Waals surface area (Å²) in [6.45, 7) is 3.96. The number of Topliss-reactive ketones (excluding diaryl/α,β-unsaturated/α-hetero) is 1. The fourth-order valence-corrected chi connectivity index (χ4v) is 5.55. The number of fused-ring (bicyclic) bond motifs is 2. The van der Waals surface area contributed by atoms with Gasteiger partial charge in [0.25, 0.3) is 5.56 Å². The number of benzene rings is 2. The van der Waals surface area contributed by atoms with Gasteiger partial charge in [0.1, 0.15) is 17.1 Å². The standard InChI is InChI=1S/C31H30N4O4/c1-4-9-22(36)19-14-16-21(17-15-19)27-26(30-33-28-23(38-3)12-8-13-24(28)39-30)31(37)35-29(32-27)25(18(2)34-35)20-10-6-5-7-11-20/h5-8,10-13,16,19,34H,4,9,14-15,17H2,1-3H3. The molecule has 1 N–H and O–H groups in total. The zero-order valence-electron chi connectivity index (χ0n) is 22.3. The van der Waals surface area contributed by atoms with Crippen LogP contribution >= 0.6 is 0 Å². The molecule has 0 aliphatic heterocycles. The third-order valence-electron chi connectivity index (χ3n) is 7.51. The molecule has 3 heterocycles. The SMILES string of the molecule is CCCC(=O)C1CC=C(c2nc3c(-c4ccccc4)c(C)[nH]n3c(=O)c2-c2nc3c(OC)cccc3o2)CC1. The molecular weight excluding hydrogens is 492 g/mol. The molecule has 8 nitrogen and oxygen atoms in total. The Hall–Kier alpha value is -4.46. The maximum absolute atomic E-state index is 14.2. The number of nitrogens with one attached hydrogen (secondary N) is 1. The molecule has 0 saturated carbocycles. The molecule has 8 heteroatoms. The lowest BCUT2D eigenvalue weighted by atomic mass is 9.83. The van der Waals surface area contributed by atoms with Gasteiger partial charge in [-0.15, -0.1) is 0 Å². The Morgan fingerprint density at radius 1 is 1.13 bits per heavy atom. The van der Waals surface area contributed by atoms with Crippen molar-refractivity contribution in [3.05, 3.63) is 76.3 Å². The van der Waals surface area contributed by atoms with Crippen LogP contribution in [0.2, 0.25) is 0 Å². The van der Waals surface area contributed by atoms with E-state index in [1.165, 1.54) is 4.52 Å². The van der Waals surface area contributed by atoms with Crippen molar-refractivity contribution in [1.29, 1.82) is 0 Å². The summed E-state index contributed by atoms with van der Waals surface area (Å²) in [4.78, 5) is 36.5. The van der Waals surface area contributed by atoms with Gasteiger partial charge in [-0.25, -0.2) is 14.5 Å². The second-order valence-corrected chi connectivity index (χ2v) is 10.0. The lowest BCUT2D eigenvalue weighted by molar-refractivity contribution is -0.123. The van der Waals surface area contributed by atoms with Crippen molar-refractivity contribution in [2.75, 3.05) is 7.11 Å². The quantitative estimate of drug-likeness (QED) is 0.267. The Kier molecular flexibility index (Phi) is 6.38. The van der Waals surface area contributed by atoms with Crippen LogP contribution in [0.1, 0.15) is 50.4 Å². The van der Waals surface area contributed by atoms with Crippen LogP contribution in [0.4, 0.5) is 0 Å². The molecular formula is C31H30N4O4. The van der Waals surface area contributed by atoms with Crippen molar-refractivity contribution in [3.63, 3.8) is 0 Å². The van der Waals surface area contributed by atoms with Crippen LogP contribution in [-0.2, 0) is 4.79 Å². The second-order valence-electron chi connectivity index (χ2n) is 10.0. The second kappa shape index (κ2) is 10.0. The van der Waals surface area contributed by atoms with E-state index in [2.05, 4.69) is 11.2 Å². The smallest absolute Gasteiger partial charge is 0.286 e. The normalized spacial score (nSPS) is 15.6.